The quantitative estimate of drug-likeness (QED) is 0.722. The summed E-state index contributed by atoms with van der Waals surface area (Å²) in [4.78, 5) is 10.6. The molecule has 1 aromatic carbocycles. The predicted molar refractivity (Wildman–Crippen MR) is 59.6 cm³/mol. The van der Waals surface area contributed by atoms with Gasteiger partial charge in [0.2, 0.25) is 0 Å². The topological polar surface area (TPSA) is 26.3 Å². The van der Waals surface area contributed by atoms with E-state index in [0.717, 1.165) is 37.9 Å². The molecule has 2 rings (SSSR count). The molecule has 0 aromatic heterocycles. The van der Waals surface area contributed by atoms with E-state index in [1.54, 1.807) is 6.07 Å². The van der Waals surface area contributed by atoms with Crippen molar-refractivity contribution in [1.29, 1.82) is 0 Å². The molecule has 2 nitrogen and oxygen atoms in total. The molecule has 3 heteroatoms. The van der Waals surface area contributed by atoms with Gasteiger partial charge in [0.15, 0.2) is 0 Å². The van der Waals surface area contributed by atoms with Crippen LogP contribution < -0.4 is 0 Å². The summed E-state index contributed by atoms with van der Waals surface area (Å²) in [6.45, 7) is 1.60. The van der Waals surface area contributed by atoms with Gasteiger partial charge in [0.05, 0.1) is 0 Å². The van der Waals surface area contributed by atoms with E-state index in [-0.39, 0.29) is 0 Å². The lowest BCUT2D eigenvalue weighted by molar-refractivity contribution is 0.0853. The molecule has 1 aliphatic rings. The SMILES string of the molecule is O=Cc1ccc(C2CCOCC2)c(Cl)c1. The van der Waals surface area contributed by atoms with Crippen LogP contribution in [-0.4, -0.2) is 19.5 Å². The lowest BCUT2D eigenvalue weighted by atomic mass is 9.91. The van der Waals surface area contributed by atoms with Gasteiger partial charge in [-0.25, -0.2) is 0 Å². The largest absolute Gasteiger partial charge is 0.381 e. The van der Waals surface area contributed by atoms with Gasteiger partial charge in [-0.15, -0.1) is 0 Å². The summed E-state index contributed by atoms with van der Waals surface area (Å²) in [5, 5.41) is 0.700. The molecular formula is C12H13ClO2. The fraction of sp³-hybridized carbons (Fsp3) is 0.417. The Morgan fingerprint density at radius 3 is 2.67 bits per heavy atom. The number of hydrogen-bond donors (Lipinski definition) is 0. The molecule has 0 amide bonds. The highest BCUT2D eigenvalue weighted by Crippen LogP contribution is 2.32. The first-order valence-electron chi connectivity index (χ1n) is 5.13. The van der Waals surface area contributed by atoms with Crippen LogP contribution >= 0.6 is 11.6 Å². The Morgan fingerprint density at radius 2 is 2.07 bits per heavy atom. The Labute approximate surface area is 94.2 Å². The molecule has 0 saturated carbocycles. The number of halogens is 1. The first-order chi connectivity index (χ1) is 7.31. The van der Waals surface area contributed by atoms with Crippen LogP contribution in [0.15, 0.2) is 18.2 Å². The van der Waals surface area contributed by atoms with E-state index < -0.39 is 0 Å². The minimum atomic E-state index is 0.479. The van der Waals surface area contributed by atoms with E-state index in [1.165, 1.54) is 0 Å². The fourth-order valence-corrected chi connectivity index (χ4v) is 2.30. The molecule has 1 fully saturated rings. The summed E-state index contributed by atoms with van der Waals surface area (Å²) in [5.41, 5.74) is 1.78. The fourth-order valence-electron chi connectivity index (χ4n) is 1.96. The molecule has 0 bridgehead atoms. The van der Waals surface area contributed by atoms with Crippen molar-refractivity contribution >= 4 is 17.9 Å². The zero-order valence-corrected chi connectivity index (χ0v) is 9.17. The van der Waals surface area contributed by atoms with Crippen molar-refractivity contribution in [2.75, 3.05) is 13.2 Å². The van der Waals surface area contributed by atoms with Crippen molar-refractivity contribution in [2.45, 2.75) is 18.8 Å². The summed E-state index contributed by atoms with van der Waals surface area (Å²) in [6.07, 6.45) is 2.85. The molecule has 0 aliphatic carbocycles. The molecule has 1 heterocycles. The number of carbonyl (C=O) groups excluding carboxylic acids is 1. The molecule has 1 saturated heterocycles. The Hall–Kier alpha value is -0.860. The smallest absolute Gasteiger partial charge is 0.150 e. The third-order valence-electron chi connectivity index (χ3n) is 2.82. The minimum Gasteiger partial charge on any atom is -0.381 e. The van der Waals surface area contributed by atoms with Crippen LogP contribution in [0.1, 0.15) is 34.7 Å². The summed E-state index contributed by atoms with van der Waals surface area (Å²) in [6, 6.07) is 5.52. The van der Waals surface area contributed by atoms with Crippen molar-refractivity contribution in [3.8, 4) is 0 Å². The van der Waals surface area contributed by atoms with Gasteiger partial charge in [-0.05, 0) is 30.4 Å². The third-order valence-corrected chi connectivity index (χ3v) is 3.15. The van der Waals surface area contributed by atoms with Gasteiger partial charge in [0.1, 0.15) is 6.29 Å². The van der Waals surface area contributed by atoms with Gasteiger partial charge < -0.3 is 4.74 Å². The van der Waals surface area contributed by atoms with Crippen molar-refractivity contribution in [3.63, 3.8) is 0 Å². The van der Waals surface area contributed by atoms with Crippen LogP contribution in [0.5, 0.6) is 0 Å². The van der Waals surface area contributed by atoms with Crippen molar-refractivity contribution in [3.05, 3.63) is 34.3 Å². The van der Waals surface area contributed by atoms with Crippen LogP contribution in [-0.2, 0) is 4.74 Å². The highest BCUT2D eigenvalue weighted by molar-refractivity contribution is 6.31. The first kappa shape index (κ1) is 10.7. The number of rotatable bonds is 2. The number of carbonyl (C=O) groups is 1. The highest BCUT2D eigenvalue weighted by atomic mass is 35.5. The van der Waals surface area contributed by atoms with E-state index in [4.69, 9.17) is 16.3 Å². The standard InChI is InChI=1S/C12H13ClO2/c13-12-7-9(8-14)1-2-11(12)10-3-5-15-6-4-10/h1-2,7-8,10H,3-6H2. The second kappa shape index (κ2) is 4.77. The molecule has 0 atom stereocenters. The summed E-state index contributed by atoms with van der Waals surface area (Å²) in [5.74, 6) is 0.479. The number of aldehydes is 1. The molecule has 15 heavy (non-hydrogen) atoms. The van der Waals surface area contributed by atoms with Gasteiger partial charge in [0.25, 0.3) is 0 Å². The number of benzene rings is 1. The van der Waals surface area contributed by atoms with Gasteiger partial charge in [-0.1, -0.05) is 23.7 Å². The number of ether oxygens (including phenoxy) is 1. The average molecular weight is 225 g/mol. The Kier molecular flexibility index (Phi) is 3.39. The maximum Gasteiger partial charge on any atom is 0.150 e. The van der Waals surface area contributed by atoms with Crippen LogP contribution in [0, 0.1) is 0 Å². The van der Waals surface area contributed by atoms with Crippen molar-refractivity contribution in [1.82, 2.24) is 0 Å². The van der Waals surface area contributed by atoms with Gasteiger partial charge in [-0.3, -0.25) is 4.79 Å². The van der Waals surface area contributed by atoms with E-state index in [0.29, 0.717) is 16.5 Å². The Bertz CT molecular complexity index is 357. The summed E-state index contributed by atoms with van der Waals surface area (Å²) < 4.78 is 5.31. The summed E-state index contributed by atoms with van der Waals surface area (Å²) in [7, 11) is 0. The Balaban J connectivity index is 2.23. The maximum atomic E-state index is 10.6. The van der Waals surface area contributed by atoms with Gasteiger partial charge in [0, 0.05) is 23.8 Å². The zero-order chi connectivity index (χ0) is 10.7. The third kappa shape index (κ3) is 2.39. The molecule has 80 valence electrons. The number of hydrogen-bond acceptors (Lipinski definition) is 2. The minimum absolute atomic E-state index is 0.479. The maximum absolute atomic E-state index is 10.6. The van der Waals surface area contributed by atoms with Crippen LogP contribution in [0.3, 0.4) is 0 Å². The molecule has 0 N–H and O–H groups in total. The second-order valence-electron chi connectivity index (χ2n) is 3.79. The lowest BCUT2D eigenvalue weighted by Crippen LogP contribution is -2.14. The molecule has 1 aromatic rings. The monoisotopic (exact) mass is 224 g/mol. The first-order valence-corrected chi connectivity index (χ1v) is 5.51. The van der Waals surface area contributed by atoms with Crippen LogP contribution in [0.4, 0.5) is 0 Å². The van der Waals surface area contributed by atoms with E-state index >= 15 is 0 Å². The molecule has 0 unspecified atom stereocenters. The average Bonchev–Trinajstić information content (AvgIpc) is 2.30. The van der Waals surface area contributed by atoms with Gasteiger partial charge >= 0.3 is 0 Å². The van der Waals surface area contributed by atoms with Crippen molar-refractivity contribution in [2.24, 2.45) is 0 Å². The highest BCUT2D eigenvalue weighted by Gasteiger charge is 2.18. The van der Waals surface area contributed by atoms with E-state index in [1.807, 2.05) is 12.1 Å². The molecule has 0 radical (unpaired) electrons. The van der Waals surface area contributed by atoms with Crippen LogP contribution in [0.2, 0.25) is 5.02 Å². The molecule has 0 spiro atoms. The second-order valence-corrected chi connectivity index (χ2v) is 4.19. The van der Waals surface area contributed by atoms with E-state index in [2.05, 4.69) is 0 Å². The predicted octanol–water partition coefficient (Wildman–Crippen LogP) is 3.05. The zero-order valence-electron chi connectivity index (χ0n) is 8.41. The lowest BCUT2D eigenvalue weighted by Gasteiger charge is -2.23. The normalized spacial score (nSPS) is 17.7. The Morgan fingerprint density at radius 1 is 1.33 bits per heavy atom. The molecule has 1 aliphatic heterocycles. The molecular weight excluding hydrogens is 212 g/mol. The van der Waals surface area contributed by atoms with Crippen LogP contribution in [0.25, 0.3) is 0 Å². The summed E-state index contributed by atoms with van der Waals surface area (Å²) >= 11 is 6.14. The van der Waals surface area contributed by atoms with Gasteiger partial charge in [-0.2, -0.15) is 0 Å². The van der Waals surface area contributed by atoms with E-state index in [9.17, 15) is 4.79 Å². The van der Waals surface area contributed by atoms with Crippen molar-refractivity contribution < 1.29 is 9.53 Å².